The van der Waals surface area contributed by atoms with Crippen LogP contribution >= 0.6 is 0 Å². The van der Waals surface area contributed by atoms with Gasteiger partial charge in [0, 0.05) is 24.2 Å². The van der Waals surface area contributed by atoms with Crippen LogP contribution in [0.15, 0.2) is 30.3 Å². The fraction of sp³-hybridized carbons (Fsp3) is 0.562. The Morgan fingerprint density at radius 1 is 1.05 bits per heavy atom. The summed E-state index contributed by atoms with van der Waals surface area (Å²) in [6, 6.07) is 12.5. The quantitative estimate of drug-likeness (QED) is 0.874. The van der Waals surface area contributed by atoms with Crippen molar-refractivity contribution < 1.29 is 4.79 Å². The minimum atomic E-state index is 0.333. The van der Waals surface area contributed by atoms with Crippen molar-refractivity contribution in [3.05, 3.63) is 35.9 Å². The fourth-order valence-electron chi connectivity index (χ4n) is 4.33. The number of amides is 1. The summed E-state index contributed by atoms with van der Waals surface area (Å²) in [5.41, 5.74) is 1.14. The standard InChI is InChI=1S/C16H20N2O/c19-16(6-11-4-2-1-3-5-11)18-14-7-12-8-15(18)10-13(9-14)17-12/h1-5,12-15,17H,6-10H2. The molecule has 19 heavy (non-hydrogen) atoms. The molecular formula is C16H20N2O. The zero-order valence-electron chi connectivity index (χ0n) is 11.1. The molecule has 1 aromatic rings. The Hall–Kier alpha value is -1.35. The molecule has 3 nitrogen and oxygen atoms in total. The lowest BCUT2D eigenvalue weighted by atomic mass is 9.74. The van der Waals surface area contributed by atoms with Gasteiger partial charge < -0.3 is 10.2 Å². The van der Waals surface area contributed by atoms with Gasteiger partial charge >= 0.3 is 0 Å². The van der Waals surface area contributed by atoms with Crippen LogP contribution in [-0.2, 0) is 11.2 Å². The van der Waals surface area contributed by atoms with E-state index in [2.05, 4.69) is 22.3 Å². The predicted molar refractivity (Wildman–Crippen MR) is 73.7 cm³/mol. The third-order valence-electron chi connectivity index (χ3n) is 4.97. The number of carbonyl (C=O) groups excluding carboxylic acids is 1. The van der Waals surface area contributed by atoms with Crippen molar-refractivity contribution >= 4 is 5.91 Å². The summed E-state index contributed by atoms with van der Waals surface area (Å²) < 4.78 is 0. The van der Waals surface area contributed by atoms with Crippen LogP contribution in [0.3, 0.4) is 0 Å². The van der Waals surface area contributed by atoms with Gasteiger partial charge in [-0.15, -0.1) is 0 Å². The van der Waals surface area contributed by atoms with Gasteiger partial charge in [-0.2, -0.15) is 0 Å². The number of nitrogens with zero attached hydrogens (tertiary/aromatic N) is 1. The van der Waals surface area contributed by atoms with E-state index in [1.807, 2.05) is 18.2 Å². The highest BCUT2D eigenvalue weighted by Crippen LogP contribution is 2.39. The molecule has 1 amide bonds. The minimum Gasteiger partial charge on any atom is -0.336 e. The first-order valence-electron chi connectivity index (χ1n) is 7.41. The van der Waals surface area contributed by atoms with Gasteiger partial charge in [-0.3, -0.25) is 4.79 Å². The molecule has 4 fully saturated rings. The molecule has 0 unspecified atom stereocenters. The van der Waals surface area contributed by atoms with E-state index in [0.29, 0.717) is 36.5 Å². The van der Waals surface area contributed by atoms with Crippen LogP contribution in [0.5, 0.6) is 0 Å². The molecular weight excluding hydrogens is 236 g/mol. The second-order valence-corrected chi connectivity index (χ2v) is 6.27. The van der Waals surface area contributed by atoms with Gasteiger partial charge in [0.05, 0.1) is 6.42 Å². The Morgan fingerprint density at radius 2 is 1.63 bits per heavy atom. The maximum Gasteiger partial charge on any atom is 0.227 e. The van der Waals surface area contributed by atoms with E-state index in [9.17, 15) is 4.79 Å². The summed E-state index contributed by atoms with van der Waals surface area (Å²) >= 11 is 0. The molecule has 0 aliphatic carbocycles. The number of hydrogen-bond acceptors (Lipinski definition) is 2. The Morgan fingerprint density at radius 3 is 2.21 bits per heavy atom. The largest absolute Gasteiger partial charge is 0.336 e. The topological polar surface area (TPSA) is 32.3 Å². The zero-order chi connectivity index (χ0) is 12.8. The lowest BCUT2D eigenvalue weighted by Crippen LogP contribution is -2.68. The third-order valence-corrected chi connectivity index (χ3v) is 4.97. The van der Waals surface area contributed by atoms with Gasteiger partial charge in [-0.05, 0) is 31.2 Å². The van der Waals surface area contributed by atoms with Gasteiger partial charge in [0.1, 0.15) is 0 Å². The molecule has 4 aliphatic rings. The van der Waals surface area contributed by atoms with Crippen molar-refractivity contribution in [2.24, 2.45) is 0 Å². The van der Waals surface area contributed by atoms with Crippen LogP contribution in [0.1, 0.15) is 31.2 Å². The van der Waals surface area contributed by atoms with Gasteiger partial charge in [0.15, 0.2) is 0 Å². The van der Waals surface area contributed by atoms with Crippen LogP contribution in [-0.4, -0.2) is 35.0 Å². The van der Waals surface area contributed by atoms with Crippen molar-refractivity contribution in [3.63, 3.8) is 0 Å². The van der Waals surface area contributed by atoms with Gasteiger partial charge in [-0.1, -0.05) is 30.3 Å². The molecule has 0 atom stereocenters. The van der Waals surface area contributed by atoms with E-state index in [-0.39, 0.29) is 0 Å². The van der Waals surface area contributed by atoms with Gasteiger partial charge in [0.2, 0.25) is 5.91 Å². The van der Waals surface area contributed by atoms with Crippen molar-refractivity contribution in [2.45, 2.75) is 56.3 Å². The first-order chi connectivity index (χ1) is 9.29. The Kier molecular flexibility index (Phi) is 2.62. The molecule has 0 aromatic heterocycles. The highest BCUT2D eigenvalue weighted by molar-refractivity contribution is 5.79. The molecule has 4 saturated heterocycles. The lowest BCUT2D eigenvalue weighted by molar-refractivity contribution is -0.144. The third kappa shape index (κ3) is 1.96. The second-order valence-electron chi connectivity index (χ2n) is 6.27. The summed E-state index contributed by atoms with van der Waals surface area (Å²) in [6.07, 6.45) is 5.21. The van der Waals surface area contributed by atoms with Crippen LogP contribution in [0.25, 0.3) is 0 Å². The maximum absolute atomic E-state index is 12.6. The number of benzene rings is 1. The summed E-state index contributed by atoms with van der Waals surface area (Å²) in [6.45, 7) is 0. The van der Waals surface area contributed by atoms with Crippen LogP contribution in [0.4, 0.5) is 0 Å². The number of hydrogen-bond donors (Lipinski definition) is 1. The minimum absolute atomic E-state index is 0.333. The summed E-state index contributed by atoms with van der Waals surface area (Å²) in [5, 5.41) is 3.68. The summed E-state index contributed by atoms with van der Waals surface area (Å²) in [7, 11) is 0. The van der Waals surface area contributed by atoms with E-state index < -0.39 is 0 Å². The molecule has 0 radical (unpaired) electrons. The Labute approximate surface area is 114 Å². The average molecular weight is 256 g/mol. The van der Waals surface area contributed by atoms with E-state index in [1.54, 1.807) is 0 Å². The van der Waals surface area contributed by atoms with Crippen molar-refractivity contribution in [1.82, 2.24) is 10.2 Å². The molecule has 5 rings (SSSR count). The highest BCUT2D eigenvalue weighted by Gasteiger charge is 2.48. The monoisotopic (exact) mass is 256 g/mol. The van der Waals surface area contributed by atoms with E-state index >= 15 is 0 Å². The predicted octanol–water partition coefficient (Wildman–Crippen LogP) is 1.72. The molecule has 4 aliphatic heterocycles. The second kappa shape index (κ2) is 4.34. The lowest BCUT2D eigenvalue weighted by Gasteiger charge is -2.57. The Balaban J connectivity index is 1.51. The van der Waals surface area contributed by atoms with Crippen molar-refractivity contribution in [3.8, 4) is 0 Å². The van der Waals surface area contributed by atoms with Crippen molar-refractivity contribution in [1.29, 1.82) is 0 Å². The number of piperidine rings is 4. The first kappa shape index (κ1) is 11.5. The number of rotatable bonds is 2. The van der Waals surface area contributed by atoms with Crippen molar-refractivity contribution in [2.75, 3.05) is 0 Å². The van der Waals surface area contributed by atoms with E-state index in [0.717, 1.165) is 31.2 Å². The van der Waals surface area contributed by atoms with Gasteiger partial charge in [0.25, 0.3) is 0 Å². The Bertz CT molecular complexity index is 457. The molecule has 4 bridgehead atoms. The van der Waals surface area contributed by atoms with Gasteiger partial charge in [-0.25, -0.2) is 0 Å². The first-order valence-corrected chi connectivity index (χ1v) is 7.41. The summed E-state index contributed by atoms with van der Waals surface area (Å²) in [5.74, 6) is 0.333. The van der Waals surface area contributed by atoms with E-state index in [4.69, 9.17) is 0 Å². The van der Waals surface area contributed by atoms with Crippen LogP contribution < -0.4 is 5.32 Å². The molecule has 0 spiro atoms. The molecule has 1 aromatic carbocycles. The smallest absolute Gasteiger partial charge is 0.227 e. The number of nitrogens with one attached hydrogen (secondary N) is 1. The van der Waals surface area contributed by atoms with Crippen LogP contribution in [0.2, 0.25) is 0 Å². The molecule has 0 saturated carbocycles. The molecule has 1 N–H and O–H groups in total. The molecule has 100 valence electrons. The maximum atomic E-state index is 12.6. The molecule has 4 heterocycles. The SMILES string of the molecule is O=C(Cc1ccccc1)N1C2CC3CC1CC(C2)N3. The summed E-state index contributed by atoms with van der Waals surface area (Å²) in [4.78, 5) is 14.8. The fourth-order valence-corrected chi connectivity index (χ4v) is 4.33. The normalized spacial score (nSPS) is 35.7. The van der Waals surface area contributed by atoms with Crippen LogP contribution in [0, 0.1) is 0 Å². The molecule has 3 heteroatoms. The number of carbonyl (C=O) groups is 1. The average Bonchev–Trinajstić information content (AvgIpc) is 2.38. The highest BCUT2D eigenvalue weighted by atomic mass is 16.2. The van der Waals surface area contributed by atoms with E-state index in [1.165, 1.54) is 0 Å². The zero-order valence-corrected chi connectivity index (χ0v) is 11.1.